The Labute approximate surface area is 158 Å². The molecule has 26 heavy (non-hydrogen) atoms. The van der Waals surface area contributed by atoms with Gasteiger partial charge in [-0.15, -0.1) is 11.3 Å². The average Bonchev–Trinajstić information content (AvgIpc) is 2.88. The molecule has 6 nitrogen and oxygen atoms in total. The number of nitro benzene ring substituents is 1. The van der Waals surface area contributed by atoms with Crippen molar-refractivity contribution in [2.75, 3.05) is 0 Å². The molecule has 0 aliphatic heterocycles. The van der Waals surface area contributed by atoms with Crippen molar-refractivity contribution < 1.29 is 4.92 Å². The fraction of sp³-hybridized carbons (Fsp3) is 0.167. The molecule has 0 fully saturated rings. The molecular weight excluding hydrogens is 368 g/mol. The van der Waals surface area contributed by atoms with Crippen LogP contribution < -0.4 is 0 Å². The lowest BCUT2D eigenvalue weighted by molar-refractivity contribution is -0.384. The molecule has 0 amide bonds. The van der Waals surface area contributed by atoms with Gasteiger partial charge in [0.1, 0.15) is 15.7 Å². The third-order valence-corrected chi connectivity index (χ3v) is 6.04. The number of non-ortho nitro benzene ring substituents is 1. The van der Waals surface area contributed by atoms with E-state index in [1.807, 2.05) is 26.8 Å². The number of hydrogen-bond donors (Lipinski definition) is 0. The van der Waals surface area contributed by atoms with E-state index in [0.29, 0.717) is 10.7 Å². The molecule has 0 saturated carbocycles. The fourth-order valence-corrected chi connectivity index (χ4v) is 4.71. The summed E-state index contributed by atoms with van der Waals surface area (Å²) in [6.45, 7) is 5.93. The first-order valence-corrected chi connectivity index (χ1v) is 9.30. The van der Waals surface area contributed by atoms with Crippen molar-refractivity contribution in [2.24, 2.45) is 0 Å². The average molecular weight is 382 g/mol. The van der Waals surface area contributed by atoms with Crippen molar-refractivity contribution in [2.45, 2.75) is 25.8 Å². The largest absolute Gasteiger partial charge is 0.269 e. The standard InChI is InChI=1S/C18H14N4O2S2/c1-10-11(2)25-17-16(10)18(21-12(3)20-17)26-15(8-9-19)13-4-6-14(7-5-13)22(23)24/h4-8H,1-3H3/b15-8-. The van der Waals surface area contributed by atoms with Gasteiger partial charge in [0, 0.05) is 33.4 Å². The van der Waals surface area contributed by atoms with Crippen molar-refractivity contribution in [1.29, 1.82) is 5.26 Å². The minimum atomic E-state index is -0.445. The van der Waals surface area contributed by atoms with Gasteiger partial charge in [-0.2, -0.15) is 5.26 Å². The Bertz CT molecular complexity index is 1080. The maximum absolute atomic E-state index is 10.8. The number of thioether (sulfide) groups is 1. The van der Waals surface area contributed by atoms with Gasteiger partial charge in [0.25, 0.3) is 5.69 Å². The van der Waals surface area contributed by atoms with Gasteiger partial charge >= 0.3 is 0 Å². The lowest BCUT2D eigenvalue weighted by Crippen LogP contribution is -1.92. The number of aryl methyl sites for hydroxylation is 3. The minimum absolute atomic E-state index is 0.0135. The van der Waals surface area contributed by atoms with E-state index >= 15 is 0 Å². The number of thiophene rings is 1. The number of fused-ring (bicyclic) bond motifs is 1. The molecule has 0 saturated heterocycles. The van der Waals surface area contributed by atoms with Gasteiger partial charge < -0.3 is 0 Å². The van der Waals surface area contributed by atoms with Crippen LogP contribution in [0.5, 0.6) is 0 Å². The summed E-state index contributed by atoms with van der Waals surface area (Å²) in [7, 11) is 0. The Hall–Kier alpha value is -2.76. The summed E-state index contributed by atoms with van der Waals surface area (Å²) in [4.78, 5) is 22.3. The van der Waals surface area contributed by atoms with Crippen molar-refractivity contribution >= 4 is 43.9 Å². The van der Waals surface area contributed by atoms with E-state index in [-0.39, 0.29) is 5.69 Å². The number of allylic oxidation sites excluding steroid dienone is 1. The smallest absolute Gasteiger partial charge is 0.258 e. The van der Waals surface area contributed by atoms with E-state index in [9.17, 15) is 10.1 Å². The molecule has 2 aromatic heterocycles. The first-order chi connectivity index (χ1) is 12.4. The second kappa shape index (κ2) is 7.23. The van der Waals surface area contributed by atoms with E-state index in [2.05, 4.69) is 9.97 Å². The molecule has 1 aromatic carbocycles. The van der Waals surface area contributed by atoms with Crippen LogP contribution in [0.4, 0.5) is 5.69 Å². The highest BCUT2D eigenvalue weighted by Gasteiger charge is 2.16. The van der Waals surface area contributed by atoms with E-state index in [4.69, 9.17) is 5.26 Å². The van der Waals surface area contributed by atoms with Crippen LogP contribution in [0, 0.1) is 42.2 Å². The Kier molecular flexibility index (Phi) is 5.02. The highest BCUT2D eigenvalue weighted by atomic mass is 32.2. The monoisotopic (exact) mass is 382 g/mol. The van der Waals surface area contributed by atoms with Gasteiger partial charge in [0.2, 0.25) is 0 Å². The van der Waals surface area contributed by atoms with E-state index < -0.39 is 4.92 Å². The zero-order valence-corrected chi connectivity index (χ0v) is 15.9. The second-order valence-corrected chi connectivity index (χ2v) is 7.82. The first kappa shape index (κ1) is 18.0. The molecule has 0 radical (unpaired) electrons. The zero-order valence-electron chi connectivity index (χ0n) is 14.3. The molecule has 0 aliphatic rings. The number of benzene rings is 1. The van der Waals surface area contributed by atoms with Crippen LogP contribution in [-0.2, 0) is 0 Å². The van der Waals surface area contributed by atoms with Crippen LogP contribution in [0.1, 0.15) is 21.8 Å². The van der Waals surface area contributed by atoms with Crippen molar-refractivity contribution in [1.82, 2.24) is 9.97 Å². The number of nitrogens with zero attached hydrogens (tertiary/aromatic N) is 4. The normalized spacial score (nSPS) is 11.5. The van der Waals surface area contributed by atoms with Crippen molar-refractivity contribution in [3.8, 4) is 6.07 Å². The number of hydrogen-bond acceptors (Lipinski definition) is 7. The van der Waals surface area contributed by atoms with Gasteiger partial charge in [-0.3, -0.25) is 10.1 Å². The van der Waals surface area contributed by atoms with Gasteiger partial charge in [0.05, 0.1) is 11.0 Å². The summed E-state index contributed by atoms with van der Waals surface area (Å²) < 4.78 is 0. The molecule has 0 unspecified atom stereocenters. The van der Waals surface area contributed by atoms with E-state index in [1.165, 1.54) is 34.8 Å². The van der Waals surface area contributed by atoms with Gasteiger partial charge in [-0.05, 0) is 44.0 Å². The number of nitriles is 1. The third kappa shape index (κ3) is 3.45. The summed E-state index contributed by atoms with van der Waals surface area (Å²) in [5.41, 5.74) is 1.88. The Balaban J connectivity index is 2.07. The Morgan fingerprint density at radius 1 is 1.27 bits per heavy atom. The molecule has 130 valence electrons. The van der Waals surface area contributed by atoms with Crippen molar-refractivity contribution in [3.63, 3.8) is 0 Å². The number of aromatic nitrogens is 2. The summed E-state index contributed by atoms with van der Waals surface area (Å²) >= 11 is 3.00. The second-order valence-electron chi connectivity index (χ2n) is 5.58. The Morgan fingerprint density at radius 3 is 2.58 bits per heavy atom. The van der Waals surface area contributed by atoms with E-state index in [0.717, 1.165) is 26.4 Å². The lowest BCUT2D eigenvalue weighted by atomic mass is 10.2. The van der Waals surface area contributed by atoms with Crippen LogP contribution in [0.25, 0.3) is 15.1 Å². The first-order valence-electron chi connectivity index (χ1n) is 7.67. The number of rotatable bonds is 4. The molecule has 2 heterocycles. The quantitative estimate of drug-likeness (QED) is 0.203. The maximum atomic E-state index is 10.8. The highest BCUT2D eigenvalue weighted by molar-refractivity contribution is 8.08. The molecule has 0 N–H and O–H groups in total. The van der Waals surface area contributed by atoms with Gasteiger partial charge in [-0.25, -0.2) is 9.97 Å². The predicted molar refractivity (Wildman–Crippen MR) is 104 cm³/mol. The van der Waals surface area contributed by atoms with Crippen LogP contribution >= 0.6 is 23.1 Å². The maximum Gasteiger partial charge on any atom is 0.269 e. The van der Waals surface area contributed by atoms with Gasteiger partial charge in [-0.1, -0.05) is 11.8 Å². The summed E-state index contributed by atoms with van der Waals surface area (Å²) in [5.74, 6) is 0.668. The molecule has 0 atom stereocenters. The topological polar surface area (TPSA) is 92.7 Å². The summed E-state index contributed by atoms with van der Waals surface area (Å²) in [6, 6.07) is 8.20. The molecule has 0 spiro atoms. The summed E-state index contributed by atoms with van der Waals surface area (Å²) in [5, 5.41) is 21.8. The molecular formula is C18H14N4O2S2. The molecule has 3 aromatic rings. The third-order valence-electron chi connectivity index (χ3n) is 3.87. The molecule has 0 aliphatic carbocycles. The molecule has 3 rings (SSSR count). The number of nitro groups is 1. The Morgan fingerprint density at radius 2 is 1.96 bits per heavy atom. The van der Waals surface area contributed by atoms with Crippen LogP contribution in [0.15, 0.2) is 35.4 Å². The fourth-order valence-electron chi connectivity index (χ4n) is 2.47. The molecule has 0 bridgehead atoms. The predicted octanol–water partition coefficient (Wildman–Crippen LogP) is 5.18. The molecule has 8 heteroatoms. The van der Waals surface area contributed by atoms with Crippen molar-refractivity contribution in [3.05, 3.63) is 62.3 Å². The van der Waals surface area contributed by atoms with E-state index in [1.54, 1.807) is 23.5 Å². The van der Waals surface area contributed by atoms with Crippen LogP contribution in [-0.4, -0.2) is 14.9 Å². The lowest BCUT2D eigenvalue weighted by Gasteiger charge is -2.08. The van der Waals surface area contributed by atoms with Crippen LogP contribution in [0.2, 0.25) is 0 Å². The van der Waals surface area contributed by atoms with Crippen LogP contribution in [0.3, 0.4) is 0 Å². The zero-order chi connectivity index (χ0) is 18.8. The SMILES string of the molecule is Cc1nc(S/C(=C\C#N)c2ccc([N+](=O)[O-])cc2)c2c(C)c(C)sc2n1. The highest BCUT2D eigenvalue weighted by Crippen LogP contribution is 2.40. The van der Waals surface area contributed by atoms with Gasteiger partial charge in [0.15, 0.2) is 0 Å². The minimum Gasteiger partial charge on any atom is -0.258 e. The summed E-state index contributed by atoms with van der Waals surface area (Å²) in [6.07, 6.45) is 1.43.